The summed E-state index contributed by atoms with van der Waals surface area (Å²) in [6, 6.07) is -0.765. The first-order valence-electron chi connectivity index (χ1n) is 20.2. The molecule has 5 N–H and O–H groups in total. The molecule has 47 heavy (non-hydrogen) atoms. The number of hydrogen-bond acceptors (Lipinski definition) is 6. The van der Waals surface area contributed by atoms with Crippen LogP contribution in [0.15, 0.2) is 0 Å². The summed E-state index contributed by atoms with van der Waals surface area (Å²) in [5, 5.41) is 13.7. The van der Waals surface area contributed by atoms with Crippen molar-refractivity contribution in [1.82, 2.24) is 5.32 Å². The number of nitrogens with one attached hydrogen (secondary N) is 1. The number of unbranched alkanes of at least 4 members (excludes halogenated alkanes) is 26. The molecule has 1 amide bonds. The van der Waals surface area contributed by atoms with Gasteiger partial charge in [0.1, 0.15) is 0 Å². The van der Waals surface area contributed by atoms with Crippen molar-refractivity contribution in [3.05, 3.63) is 0 Å². The SMILES string of the molecule is CCCCCCCCCCCCCCCCCCCCCC(=O)NC(COP(=O)(O)OCCN)C(O)CCCCCCCCCCC. The summed E-state index contributed by atoms with van der Waals surface area (Å²) in [7, 11) is -4.30. The van der Waals surface area contributed by atoms with E-state index in [1.54, 1.807) is 0 Å². The van der Waals surface area contributed by atoms with E-state index in [-0.39, 0.29) is 25.7 Å². The highest BCUT2D eigenvalue weighted by atomic mass is 31.2. The lowest BCUT2D eigenvalue weighted by molar-refractivity contribution is -0.123. The highest BCUT2D eigenvalue weighted by molar-refractivity contribution is 7.47. The van der Waals surface area contributed by atoms with Gasteiger partial charge in [0.05, 0.1) is 25.4 Å². The van der Waals surface area contributed by atoms with Crippen molar-refractivity contribution < 1.29 is 28.4 Å². The molecule has 0 aliphatic rings. The zero-order valence-electron chi connectivity index (χ0n) is 31.0. The van der Waals surface area contributed by atoms with Crippen molar-refractivity contribution >= 4 is 13.7 Å². The number of aliphatic hydroxyl groups excluding tert-OH is 1. The number of carbonyl (C=O) groups is 1. The quantitative estimate of drug-likeness (QED) is 0.0374. The van der Waals surface area contributed by atoms with Crippen LogP contribution in [0.5, 0.6) is 0 Å². The molecule has 3 atom stereocenters. The average molecular weight is 691 g/mol. The molecule has 9 heteroatoms. The van der Waals surface area contributed by atoms with Gasteiger partial charge in [-0.1, -0.05) is 187 Å². The van der Waals surface area contributed by atoms with E-state index >= 15 is 0 Å². The smallest absolute Gasteiger partial charge is 0.391 e. The zero-order valence-corrected chi connectivity index (χ0v) is 31.9. The minimum atomic E-state index is -4.30. The van der Waals surface area contributed by atoms with E-state index in [0.717, 1.165) is 38.5 Å². The molecular formula is C38H79N2O6P. The molecule has 282 valence electrons. The van der Waals surface area contributed by atoms with Gasteiger partial charge in [0.15, 0.2) is 0 Å². The predicted molar refractivity (Wildman–Crippen MR) is 199 cm³/mol. The molecule has 0 aliphatic carbocycles. The van der Waals surface area contributed by atoms with Crippen molar-refractivity contribution in [2.75, 3.05) is 19.8 Å². The molecule has 0 rings (SSSR count). The second kappa shape index (κ2) is 35.3. The molecule has 0 heterocycles. The Labute approximate surface area is 291 Å². The van der Waals surface area contributed by atoms with Crippen LogP contribution in [0, 0.1) is 0 Å². The first-order chi connectivity index (χ1) is 22.9. The van der Waals surface area contributed by atoms with E-state index in [4.69, 9.17) is 14.8 Å². The first-order valence-corrected chi connectivity index (χ1v) is 21.6. The fourth-order valence-electron chi connectivity index (χ4n) is 6.14. The standard InChI is InChI=1S/C38H79N2O6P/c1-3-5-7-9-11-13-14-15-16-17-18-19-20-21-22-24-26-28-30-32-38(42)40-36(35-46-47(43,44)45-34-33-39)37(41)31-29-27-25-23-12-10-8-6-4-2/h36-37,41H,3-35,39H2,1-2H3,(H,40,42)(H,43,44). The van der Waals surface area contributed by atoms with Gasteiger partial charge in [-0.25, -0.2) is 4.57 Å². The van der Waals surface area contributed by atoms with Crippen LogP contribution < -0.4 is 11.1 Å². The summed E-state index contributed by atoms with van der Waals surface area (Å²) in [4.78, 5) is 22.6. The van der Waals surface area contributed by atoms with Crippen molar-refractivity contribution in [3.63, 3.8) is 0 Å². The minimum absolute atomic E-state index is 0.0920. The maximum Gasteiger partial charge on any atom is 0.472 e. The van der Waals surface area contributed by atoms with Crippen LogP contribution in [0.2, 0.25) is 0 Å². The van der Waals surface area contributed by atoms with Crippen LogP contribution in [0.1, 0.15) is 206 Å². The van der Waals surface area contributed by atoms with Gasteiger partial charge in [0.2, 0.25) is 5.91 Å². The van der Waals surface area contributed by atoms with Crippen molar-refractivity contribution in [3.8, 4) is 0 Å². The van der Waals surface area contributed by atoms with Gasteiger partial charge in [-0.05, 0) is 12.8 Å². The molecule has 0 spiro atoms. The van der Waals surface area contributed by atoms with Gasteiger partial charge >= 0.3 is 7.82 Å². The number of carbonyl (C=O) groups excluding carboxylic acids is 1. The fourth-order valence-corrected chi connectivity index (χ4v) is 6.90. The molecule has 0 saturated heterocycles. The Morgan fingerprint density at radius 2 is 0.979 bits per heavy atom. The average Bonchev–Trinajstić information content (AvgIpc) is 3.05. The number of phosphoric ester groups is 1. The molecule has 0 fully saturated rings. The topological polar surface area (TPSA) is 131 Å². The molecule has 3 unspecified atom stereocenters. The van der Waals surface area contributed by atoms with Gasteiger partial charge in [-0.15, -0.1) is 0 Å². The van der Waals surface area contributed by atoms with Crippen molar-refractivity contribution in [2.24, 2.45) is 5.73 Å². The van der Waals surface area contributed by atoms with Crippen LogP contribution in [0.25, 0.3) is 0 Å². The Bertz CT molecular complexity index is 714. The van der Waals surface area contributed by atoms with Gasteiger partial charge < -0.3 is 21.1 Å². The van der Waals surface area contributed by atoms with E-state index < -0.39 is 20.0 Å². The molecule has 0 bridgehead atoms. The summed E-state index contributed by atoms with van der Waals surface area (Å²) < 4.78 is 22.1. The Hall–Kier alpha value is -0.500. The monoisotopic (exact) mass is 691 g/mol. The summed E-state index contributed by atoms with van der Waals surface area (Å²) in [6.07, 6.45) is 35.4. The molecule has 0 radical (unpaired) electrons. The molecule has 8 nitrogen and oxygen atoms in total. The number of aliphatic hydroxyl groups is 1. The highest BCUT2D eigenvalue weighted by Gasteiger charge is 2.27. The van der Waals surface area contributed by atoms with Gasteiger partial charge in [0, 0.05) is 13.0 Å². The highest BCUT2D eigenvalue weighted by Crippen LogP contribution is 2.43. The Morgan fingerprint density at radius 1 is 0.617 bits per heavy atom. The van der Waals surface area contributed by atoms with Crippen LogP contribution >= 0.6 is 7.82 Å². The number of amides is 1. The molecule has 0 aliphatic heterocycles. The summed E-state index contributed by atoms with van der Waals surface area (Å²) in [5.74, 6) is -0.160. The van der Waals surface area contributed by atoms with E-state index in [1.807, 2.05) is 0 Å². The lowest BCUT2D eigenvalue weighted by Gasteiger charge is -2.25. The predicted octanol–water partition coefficient (Wildman–Crippen LogP) is 10.7. The summed E-state index contributed by atoms with van der Waals surface area (Å²) in [5.41, 5.74) is 5.36. The Balaban J connectivity index is 4.05. The van der Waals surface area contributed by atoms with Gasteiger partial charge in [-0.3, -0.25) is 13.8 Å². The van der Waals surface area contributed by atoms with E-state index in [1.165, 1.54) is 141 Å². The summed E-state index contributed by atoms with van der Waals surface area (Å²) >= 11 is 0. The maximum atomic E-state index is 12.7. The summed E-state index contributed by atoms with van der Waals surface area (Å²) in [6.45, 7) is 4.20. The lowest BCUT2D eigenvalue weighted by Crippen LogP contribution is -2.46. The molecule has 0 aromatic rings. The maximum absolute atomic E-state index is 12.7. The van der Waals surface area contributed by atoms with E-state index in [9.17, 15) is 19.4 Å². The largest absolute Gasteiger partial charge is 0.472 e. The zero-order chi connectivity index (χ0) is 34.7. The van der Waals surface area contributed by atoms with E-state index in [0.29, 0.717) is 12.8 Å². The normalized spacial score (nSPS) is 14.2. The van der Waals surface area contributed by atoms with Crippen LogP contribution in [-0.2, 0) is 18.4 Å². The number of hydrogen-bond donors (Lipinski definition) is 4. The number of phosphoric acid groups is 1. The Kier molecular flexibility index (Phi) is 35.0. The second-order valence-corrected chi connectivity index (χ2v) is 15.3. The van der Waals surface area contributed by atoms with Crippen LogP contribution in [0.3, 0.4) is 0 Å². The third-order valence-corrected chi connectivity index (χ3v) is 10.2. The molecule has 0 saturated carbocycles. The first kappa shape index (κ1) is 46.5. The minimum Gasteiger partial charge on any atom is -0.391 e. The van der Waals surface area contributed by atoms with Gasteiger partial charge in [0.25, 0.3) is 0 Å². The molecule has 0 aromatic heterocycles. The third-order valence-electron chi connectivity index (χ3n) is 9.21. The van der Waals surface area contributed by atoms with Crippen molar-refractivity contribution in [2.45, 2.75) is 219 Å². The lowest BCUT2D eigenvalue weighted by atomic mass is 10.0. The van der Waals surface area contributed by atoms with E-state index in [2.05, 4.69) is 19.2 Å². The number of nitrogens with two attached hydrogens (primary N) is 1. The Morgan fingerprint density at radius 3 is 1.36 bits per heavy atom. The number of rotatable bonds is 38. The van der Waals surface area contributed by atoms with Crippen LogP contribution in [0.4, 0.5) is 0 Å². The van der Waals surface area contributed by atoms with Crippen molar-refractivity contribution in [1.29, 1.82) is 0 Å². The fraction of sp³-hybridized carbons (Fsp3) is 0.974. The van der Waals surface area contributed by atoms with Gasteiger partial charge in [-0.2, -0.15) is 0 Å². The second-order valence-electron chi connectivity index (χ2n) is 13.9. The van der Waals surface area contributed by atoms with Crippen LogP contribution in [-0.4, -0.2) is 47.8 Å². The third kappa shape index (κ3) is 33.8. The molecule has 0 aromatic carbocycles. The molecular weight excluding hydrogens is 611 g/mol.